The van der Waals surface area contributed by atoms with Crippen molar-refractivity contribution in [1.29, 1.82) is 0 Å². The molecule has 0 radical (unpaired) electrons. The lowest BCUT2D eigenvalue weighted by atomic mass is 10.1. The van der Waals surface area contributed by atoms with Crippen molar-refractivity contribution >= 4 is 27.8 Å². The molecule has 4 rings (SSSR count). The number of hydrogen-bond donors (Lipinski definition) is 2. The van der Waals surface area contributed by atoms with Crippen LogP contribution in [0.2, 0.25) is 0 Å². The molecule has 5 heteroatoms. The van der Waals surface area contributed by atoms with E-state index in [4.69, 9.17) is 0 Å². The van der Waals surface area contributed by atoms with E-state index in [2.05, 4.69) is 46.0 Å². The van der Waals surface area contributed by atoms with Crippen molar-refractivity contribution in [2.75, 3.05) is 0 Å². The van der Waals surface area contributed by atoms with Gasteiger partial charge in [0.25, 0.3) is 5.91 Å². The van der Waals surface area contributed by atoms with Crippen LogP contribution in [0, 0.1) is 0 Å². The van der Waals surface area contributed by atoms with E-state index in [1.165, 1.54) is 0 Å². The van der Waals surface area contributed by atoms with E-state index < -0.39 is 0 Å². The number of rotatable bonds is 4. The van der Waals surface area contributed by atoms with Crippen molar-refractivity contribution < 1.29 is 4.79 Å². The maximum atomic E-state index is 12.7. The number of benzene rings is 2. The van der Waals surface area contributed by atoms with Crippen LogP contribution in [0.1, 0.15) is 49.0 Å². The van der Waals surface area contributed by atoms with E-state index in [0.717, 1.165) is 27.8 Å². The van der Waals surface area contributed by atoms with Crippen molar-refractivity contribution in [3.05, 3.63) is 66.1 Å². The van der Waals surface area contributed by atoms with Gasteiger partial charge < -0.3 is 14.9 Å². The fourth-order valence-electron chi connectivity index (χ4n) is 3.27. The molecule has 0 spiro atoms. The van der Waals surface area contributed by atoms with Crippen molar-refractivity contribution in [3.8, 4) is 0 Å². The maximum Gasteiger partial charge on any atom is 0.251 e. The summed E-state index contributed by atoms with van der Waals surface area (Å²) in [6.45, 7) is 6.20. The van der Waals surface area contributed by atoms with E-state index >= 15 is 0 Å². The van der Waals surface area contributed by atoms with Crippen LogP contribution in [0.3, 0.4) is 0 Å². The van der Waals surface area contributed by atoms with Gasteiger partial charge in [-0.25, -0.2) is 4.98 Å². The second-order valence-corrected chi connectivity index (χ2v) is 6.92. The molecule has 1 amide bonds. The van der Waals surface area contributed by atoms with Gasteiger partial charge in [0.1, 0.15) is 5.82 Å². The molecule has 0 saturated heterocycles. The van der Waals surface area contributed by atoms with Gasteiger partial charge in [0.2, 0.25) is 0 Å². The third-order valence-electron chi connectivity index (χ3n) is 4.71. The SMILES string of the molecule is CC(C)n1ccc2ccc(C(=O)N[C@H](C)c3nc4ccccc4[nH]3)cc21. The number of aromatic nitrogens is 3. The highest BCUT2D eigenvalue weighted by Crippen LogP contribution is 2.22. The first-order valence-electron chi connectivity index (χ1n) is 8.89. The van der Waals surface area contributed by atoms with Crippen molar-refractivity contribution in [2.45, 2.75) is 32.9 Å². The number of fused-ring (bicyclic) bond motifs is 2. The summed E-state index contributed by atoms with van der Waals surface area (Å²) < 4.78 is 2.18. The van der Waals surface area contributed by atoms with Gasteiger partial charge in [-0.1, -0.05) is 18.2 Å². The van der Waals surface area contributed by atoms with E-state index in [1.54, 1.807) is 0 Å². The second kappa shape index (κ2) is 6.33. The van der Waals surface area contributed by atoms with E-state index in [0.29, 0.717) is 11.6 Å². The average molecular weight is 346 g/mol. The molecule has 0 aliphatic rings. The molecule has 4 aromatic rings. The zero-order chi connectivity index (χ0) is 18.3. The summed E-state index contributed by atoms with van der Waals surface area (Å²) in [6.07, 6.45) is 2.06. The summed E-state index contributed by atoms with van der Waals surface area (Å²) >= 11 is 0. The minimum absolute atomic E-state index is 0.101. The number of H-pyrrole nitrogens is 1. The molecule has 2 aromatic heterocycles. The predicted octanol–water partition coefficient (Wildman–Crippen LogP) is 4.59. The number of hydrogen-bond acceptors (Lipinski definition) is 2. The van der Waals surface area contributed by atoms with Crippen LogP contribution in [0.25, 0.3) is 21.9 Å². The molecule has 0 aliphatic heterocycles. The Labute approximate surface area is 152 Å². The van der Waals surface area contributed by atoms with E-state index in [-0.39, 0.29) is 11.9 Å². The van der Waals surface area contributed by atoms with Gasteiger partial charge in [0.15, 0.2) is 0 Å². The normalized spacial score (nSPS) is 12.8. The number of imidazole rings is 1. The number of nitrogens with one attached hydrogen (secondary N) is 2. The van der Waals surface area contributed by atoms with Gasteiger partial charge >= 0.3 is 0 Å². The first kappa shape index (κ1) is 16.4. The van der Waals surface area contributed by atoms with Crippen LogP contribution in [-0.4, -0.2) is 20.4 Å². The summed E-state index contributed by atoms with van der Waals surface area (Å²) in [5.74, 6) is 0.655. The molecular weight excluding hydrogens is 324 g/mol. The predicted molar refractivity (Wildman–Crippen MR) is 104 cm³/mol. The minimum Gasteiger partial charge on any atom is -0.345 e. The lowest BCUT2D eigenvalue weighted by Gasteiger charge is -2.13. The van der Waals surface area contributed by atoms with Gasteiger partial charge in [-0.15, -0.1) is 0 Å². The molecule has 2 N–H and O–H groups in total. The Hall–Kier alpha value is -3.08. The third kappa shape index (κ3) is 2.86. The van der Waals surface area contributed by atoms with Gasteiger partial charge in [-0.05, 0) is 56.5 Å². The Bertz CT molecular complexity index is 1060. The highest BCUT2D eigenvalue weighted by Gasteiger charge is 2.16. The molecule has 0 unspecified atom stereocenters. The molecule has 2 aromatic carbocycles. The largest absolute Gasteiger partial charge is 0.345 e. The topological polar surface area (TPSA) is 62.7 Å². The van der Waals surface area contributed by atoms with Crippen LogP contribution in [0.4, 0.5) is 0 Å². The molecule has 26 heavy (non-hydrogen) atoms. The molecular formula is C21H22N4O. The van der Waals surface area contributed by atoms with Crippen molar-refractivity contribution in [2.24, 2.45) is 0 Å². The second-order valence-electron chi connectivity index (χ2n) is 6.92. The maximum absolute atomic E-state index is 12.7. The lowest BCUT2D eigenvalue weighted by molar-refractivity contribution is 0.0938. The van der Waals surface area contributed by atoms with Crippen LogP contribution in [0.5, 0.6) is 0 Å². The first-order chi connectivity index (χ1) is 12.5. The number of carbonyl (C=O) groups excluding carboxylic acids is 1. The number of amides is 1. The number of aromatic amines is 1. The molecule has 5 nitrogen and oxygen atoms in total. The smallest absolute Gasteiger partial charge is 0.251 e. The zero-order valence-corrected chi connectivity index (χ0v) is 15.2. The molecule has 2 heterocycles. The van der Waals surface area contributed by atoms with Crippen LogP contribution >= 0.6 is 0 Å². The Balaban J connectivity index is 1.59. The molecule has 0 bridgehead atoms. The average Bonchev–Trinajstić information content (AvgIpc) is 3.25. The number of carbonyl (C=O) groups is 1. The van der Waals surface area contributed by atoms with Crippen LogP contribution in [-0.2, 0) is 0 Å². The van der Waals surface area contributed by atoms with Gasteiger partial charge in [-0.3, -0.25) is 4.79 Å². The summed E-state index contributed by atoms with van der Waals surface area (Å²) in [7, 11) is 0. The summed E-state index contributed by atoms with van der Waals surface area (Å²) in [5.41, 5.74) is 3.60. The van der Waals surface area contributed by atoms with Gasteiger partial charge in [-0.2, -0.15) is 0 Å². The summed E-state index contributed by atoms with van der Waals surface area (Å²) in [6, 6.07) is 15.9. The molecule has 132 valence electrons. The zero-order valence-electron chi connectivity index (χ0n) is 15.2. The van der Waals surface area contributed by atoms with Gasteiger partial charge in [0, 0.05) is 23.3 Å². The Kier molecular flexibility index (Phi) is 3.99. The minimum atomic E-state index is -0.206. The fraction of sp³-hybridized carbons (Fsp3) is 0.238. The Morgan fingerprint density at radius 2 is 1.92 bits per heavy atom. The molecule has 0 fully saturated rings. The fourth-order valence-corrected chi connectivity index (χ4v) is 3.27. The lowest BCUT2D eigenvalue weighted by Crippen LogP contribution is -2.27. The number of nitrogens with zero attached hydrogens (tertiary/aromatic N) is 2. The van der Waals surface area contributed by atoms with Crippen molar-refractivity contribution in [1.82, 2.24) is 19.9 Å². The Morgan fingerprint density at radius 1 is 1.12 bits per heavy atom. The monoisotopic (exact) mass is 346 g/mol. The Morgan fingerprint density at radius 3 is 2.69 bits per heavy atom. The highest BCUT2D eigenvalue weighted by atomic mass is 16.1. The van der Waals surface area contributed by atoms with E-state index in [9.17, 15) is 4.79 Å². The summed E-state index contributed by atoms with van der Waals surface area (Å²) in [5, 5.41) is 4.18. The molecule has 1 atom stereocenters. The number of para-hydroxylation sites is 2. The van der Waals surface area contributed by atoms with Gasteiger partial charge in [0.05, 0.1) is 17.1 Å². The van der Waals surface area contributed by atoms with Crippen LogP contribution in [0.15, 0.2) is 54.7 Å². The third-order valence-corrected chi connectivity index (χ3v) is 4.71. The molecule has 0 aliphatic carbocycles. The quantitative estimate of drug-likeness (QED) is 0.568. The van der Waals surface area contributed by atoms with Crippen LogP contribution < -0.4 is 5.32 Å². The van der Waals surface area contributed by atoms with E-state index in [1.807, 2.05) is 49.4 Å². The standard InChI is InChI=1S/C21H22N4O/c1-13(2)25-11-10-15-8-9-16(12-19(15)25)21(26)22-14(3)20-23-17-6-4-5-7-18(17)24-20/h4-14H,1-3H3,(H,22,26)(H,23,24)/t14-/m1/s1. The molecule has 0 saturated carbocycles. The van der Waals surface area contributed by atoms with Crippen molar-refractivity contribution in [3.63, 3.8) is 0 Å². The highest BCUT2D eigenvalue weighted by molar-refractivity contribution is 5.98. The summed E-state index contributed by atoms with van der Waals surface area (Å²) in [4.78, 5) is 20.6. The first-order valence-corrected chi connectivity index (χ1v) is 8.89.